The maximum absolute atomic E-state index is 13.1. The maximum Gasteiger partial charge on any atom is 0.408 e. The second-order valence-corrected chi connectivity index (χ2v) is 7.49. The van der Waals surface area contributed by atoms with Crippen LogP contribution in [0.1, 0.15) is 16.8 Å². The Balaban J connectivity index is 1.68. The fourth-order valence-corrected chi connectivity index (χ4v) is 3.21. The number of benzene rings is 2. The van der Waals surface area contributed by atoms with Crippen molar-refractivity contribution in [2.24, 2.45) is 0 Å². The minimum Gasteiger partial charge on any atom is -0.508 e. The molecule has 4 N–H and O–H groups in total. The van der Waals surface area contributed by atoms with Crippen molar-refractivity contribution in [3.8, 4) is 5.75 Å². The molecule has 10 nitrogen and oxygen atoms in total. The third-order valence-corrected chi connectivity index (χ3v) is 4.98. The molecule has 0 saturated heterocycles. The number of carbonyl (C=O) groups is 3. The molecule has 0 aliphatic carbocycles. The number of imidazole rings is 1. The van der Waals surface area contributed by atoms with Gasteiger partial charge >= 0.3 is 12.1 Å². The molecular weight excluding hydrogens is 440 g/mol. The molecule has 2 amide bonds. The predicted molar refractivity (Wildman–Crippen MR) is 122 cm³/mol. The number of carbonyl (C=O) groups excluding carboxylic acids is 3. The van der Waals surface area contributed by atoms with E-state index in [2.05, 4.69) is 20.6 Å². The van der Waals surface area contributed by atoms with Crippen LogP contribution in [-0.2, 0) is 38.5 Å². The molecule has 2 atom stereocenters. The molecule has 34 heavy (non-hydrogen) atoms. The molecule has 0 spiro atoms. The van der Waals surface area contributed by atoms with E-state index in [-0.39, 0.29) is 25.2 Å². The Morgan fingerprint density at radius 1 is 0.971 bits per heavy atom. The first kappa shape index (κ1) is 24.3. The number of aromatic hydroxyl groups is 1. The van der Waals surface area contributed by atoms with E-state index in [4.69, 9.17) is 9.47 Å². The molecule has 2 unspecified atom stereocenters. The van der Waals surface area contributed by atoms with Gasteiger partial charge in [0.15, 0.2) is 0 Å². The third-order valence-electron chi connectivity index (χ3n) is 4.98. The van der Waals surface area contributed by atoms with Gasteiger partial charge in [0.1, 0.15) is 24.4 Å². The van der Waals surface area contributed by atoms with Crippen LogP contribution in [0.25, 0.3) is 0 Å². The van der Waals surface area contributed by atoms with Crippen molar-refractivity contribution in [2.75, 3.05) is 7.11 Å². The zero-order valence-corrected chi connectivity index (χ0v) is 18.6. The van der Waals surface area contributed by atoms with Crippen LogP contribution in [0, 0.1) is 0 Å². The number of nitrogens with zero attached hydrogens (tertiary/aromatic N) is 1. The summed E-state index contributed by atoms with van der Waals surface area (Å²) in [5.74, 6) is -1.16. The molecule has 10 heteroatoms. The molecule has 0 radical (unpaired) electrons. The summed E-state index contributed by atoms with van der Waals surface area (Å²) in [5, 5.41) is 14.7. The molecular formula is C24H26N4O6. The first-order chi connectivity index (χ1) is 16.4. The third kappa shape index (κ3) is 7.37. The monoisotopic (exact) mass is 466 g/mol. The number of hydrogen-bond donors (Lipinski definition) is 4. The van der Waals surface area contributed by atoms with E-state index >= 15 is 0 Å². The SMILES string of the molecule is COC(=O)C(Cc1ccc(O)cc1)NC(=O)C(Cc1cnc[nH]1)NC(=O)OCc1ccccc1. The Morgan fingerprint density at radius 3 is 2.35 bits per heavy atom. The van der Waals surface area contributed by atoms with E-state index < -0.39 is 30.1 Å². The Labute approximate surface area is 196 Å². The number of amides is 2. The number of nitrogens with one attached hydrogen (secondary N) is 3. The van der Waals surface area contributed by atoms with Crippen LogP contribution in [0.5, 0.6) is 5.75 Å². The first-order valence-electron chi connectivity index (χ1n) is 10.5. The topological polar surface area (TPSA) is 143 Å². The van der Waals surface area contributed by atoms with E-state index in [1.807, 2.05) is 30.3 Å². The van der Waals surface area contributed by atoms with Crippen molar-refractivity contribution in [3.63, 3.8) is 0 Å². The number of phenolic OH excluding ortho intramolecular Hbond substituents is 1. The number of hydrogen-bond acceptors (Lipinski definition) is 7. The van der Waals surface area contributed by atoms with Crippen LogP contribution in [0.15, 0.2) is 67.1 Å². The number of aromatic nitrogens is 2. The summed E-state index contributed by atoms with van der Waals surface area (Å²) in [6.07, 6.45) is 2.44. The zero-order chi connectivity index (χ0) is 24.3. The Hall–Kier alpha value is -4.34. The number of esters is 1. The molecule has 3 rings (SSSR count). The summed E-state index contributed by atoms with van der Waals surface area (Å²) in [4.78, 5) is 44.6. The van der Waals surface area contributed by atoms with Gasteiger partial charge < -0.3 is 30.2 Å². The van der Waals surface area contributed by atoms with E-state index in [1.165, 1.54) is 31.8 Å². The van der Waals surface area contributed by atoms with Gasteiger partial charge in [-0.15, -0.1) is 0 Å². The highest BCUT2D eigenvalue weighted by Gasteiger charge is 2.28. The number of ether oxygens (including phenoxy) is 2. The van der Waals surface area contributed by atoms with Gasteiger partial charge in [-0.25, -0.2) is 14.6 Å². The van der Waals surface area contributed by atoms with Crippen molar-refractivity contribution < 1.29 is 29.0 Å². The lowest BCUT2D eigenvalue weighted by Crippen LogP contribution is -2.53. The molecule has 0 bridgehead atoms. The normalized spacial score (nSPS) is 12.3. The van der Waals surface area contributed by atoms with Crippen LogP contribution in [0.3, 0.4) is 0 Å². The summed E-state index contributed by atoms with van der Waals surface area (Å²) in [6, 6.07) is 13.3. The van der Waals surface area contributed by atoms with Crippen LogP contribution in [0.4, 0.5) is 4.79 Å². The largest absolute Gasteiger partial charge is 0.508 e. The van der Waals surface area contributed by atoms with Crippen molar-refractivity contribution in [3.05, 3.63) is 83.9 Å². The minimum atomic E-state index is -1.05. The lowest BCUT2D eigenvalue weighted by molar-refractivity contribution is -0.145. The van der Waals surface area contributed by atoms with Gasteiger partial charge in [-0.1, -0.05) is 42.5 Å². The van der Waals surface area contributed by atoms with Gasteiger partial charge in [0.05, 0.1) is 13.4 Å². The fraction of sp³-hybridized carbons (Fsp3) is 0.250. The molecule has 0 aliphatic rings. The minimum absolute atomic E-state index is 0.0384. The Morgan fingerprint density at radius 2 is 1.71 bits per heavy atom. The second-order valence-electron chi connectivity index (χ2n) is 7.49. The highest BCUT2D eigenvalue weighted by Crippen LogP contribution is 2.12. The summed E-state index contributed by atoms with van der Waals surface area (Å²) in [7, 11) is 1.22. The summed E-state index contributed by atoms with van der Waals surface area (Å²) in [5.41, 5.74) is 2.11. The van der Waals surface area contributed by atoms with Crippen molar-refractivity contribution in [2.45, 2.75) is 31.5 Å². The van der Waals surface area contributed by atoms with Gasteiger partial charge in [0.25, 0.3) is 0 Å². The number of methoxy groups -OCH3 is 1. The van der Waals surface area contributed by atoms with Crippen LogP contribution in [0.2, 0.25) is 0 Å². The van der Waals surface area contributed by atoms with E-state index in [1.54, 1.807) is 12.1 Å². The van der Waals surface area contributed by atoms with Crippen LogP contribution < -0.4 is 10.6 Å². The average molecular weight is 466 g/mol. The van der Waals surface area contributed by atoms with Gasteiger partial charge in [0, 0.05) is 24.7 Å². The summed E-state index contributed by atoms with van der Waals surface area (Å²) in [6.45, 7) is 0.0384. The zero-order valence-electron chi connectivity index (χ0n) is 18.6. The average Bonchev–Trinajstić information content (AvgIpc) is 3.36. The first-order valence-corrected chi connectivity index (χ1v) is 10.5. The number of alkyl carbamates (subject to hydrolysis) is 1. The van der Waals surface area contributed by atoms with E-state index in [9.17, 15) is 19.5 Å². The standard InChI is InChI=1S/C24H26N4O6/c1-33-23(31)21(11-16-7-9-19(29)10-8-16)27-22(30)20(12-18-13-25-15-26-18)28-24(32)34-14-17-5-3-2-4-6-17/h2-10,13,15,20-21,29H,11-12,14H2,1H3,(H,25,26)(H,27,30)(H,28,32). The molecule has 0 saturated carbocycles. The summed E-state index contributed by atoms with van der Waals surface area (Å²) >= 11 is 0. The molecule has 0 aliphatic heterocycles. The number of phenols is 1. The van der Waals surface area contributed by atoms with E-state index in [0.29, 0.717) is 11.3 Å². The highest BCUT2D eigenvalue weighted by atomic mass is 16.5. The van der Waals surface area contributed by atoms with Crippen LogP contribution >= 0.6 is 0 Å². The van der Waals surface area contributed by atoms with Gasteiger partial charge in [-0.05, 0) is 23.3 Å². The van der Waals surface area contributed by atoms with Crippen molar-refractivity contribution in [1.82, 2.24) is 20.6 Å². The molecule has 3 aromatic rings. The van der Waals surface area contributed by atoms with Crippen molar-refractivity contribution >= 4 is 18.0 Å². The molecule has 178 valence electrons. The Bertz CT molecular complexity index is 1070. The van der Waals surface area contributed by atoms with Gasteiger partial charge in [0.2, 0.25) is 5.91 Å². The maximum atomic E-state index is 13.1. The molecule has 0 fully saturated rings. The lowest BCUT2D eigenvalue weighted by atomic mass is 10.0. The quantitative estimate of drug-likeness (QED) is 0.334. The Kier molecular flexibility index (Phi) is 8.61. The molecule has 2 aromatic carbocycles. The number of H-pyrrole nitrogens is 1. The molecule has 1 aromatic heterocycles. The predicted octanol–water partition coefficient (Wildman–Crippen LogP) is 1.85. The number of aromatic amines is 1. The highest BCUT2D eigenvalue weighted by molar-refractivity contribution is 5.90. The summed E-state index contributed by atoms with van der Waals surface area (Å²) < 4.78 is 10.1. The fourth-order valence-electron chi connectivity index (χ4n) is 3.21. The number of rotatable bonds is 10. The lowest BCUT2D eigenvalue weighted by Gasteiger charge is -2.22. The van der Waals surface area contributed by atoms with Gasteiger partial charge in [-0.2, -0.15) is 0 Å². The van der Waals surface area contributed by atoms with Gasteiger partial charge in [-0.3, -0.25) is 4.79 Å². The smallest absolute Gasteiger partial charge is 0.408 e. The van der Waals surface area contributed by atoms with E-state index in [0.717, 1.165) is 5.56 Å². The van der Waals surface area contributed by atoms with Crippen LogP contribution in [-0.4, -0.2) is 52.2 Å². The second kappa shape index (κ2) is 12.0. The van der Waals surface area contributed by atoms with Crippen molar-refractivity contribution in [1.29, 1.82) is 0 Å². The molecule has 1 heterocycles.